The van der Waals surface area contributed by atoms with E-state index in [0.717, 1.165) is 22.2 Å². The van der Waals surface area contributed by atoms with Crippen molar-refractivity contribution in [1.29, 1.82) is 0 Å². The summed E-state index contributed by atoms with van der Waals surface area (Å²) < 4.78 is 5.56. The average molecular weight is 410 g/mol. The fraction of sp³-hybridized carbons (Fsp3) is 0.348. The number of ether oxygens (including phenoxy) is 1. The maximum absolute atomic E-state index is 13.7. The third-order valence-electron chi connectivity index (χ3n) is 5.70. The number of aryl methyl sites for hydroxylation is 1. The lowest BCUT2D eigenvalue weighted by Crippen LogP contribution is -2.48. The molecule has 1 aliphatic rings. The molecular formula is C23H24ClN3O2. The van der Waals surface area contributed by atoms with Gasteiger partial charge in [0, 0.05) is 36.4 Å². The van der Waals surface area contributed by atoms with Gasteiger partial charge in [-0.2, -0.15) is 0 Å². The summed E-state index contributed by atoms with van der Waals surface area (Å²) in [4.78, 5) is 24.7. The van der Waals surface area contributed by atoms with Crippen LogP contribution >= 0.6 is 11.6 Å². The van der Waals surface area contributed by atoms with Crippen LogP contribution in [-0.2, 0) is 21.5 Å². The van der Waals surface area contributed by atoms with Crippen molar-refractivity contribution in [2.45, 2.75) is 31.7 Å². The Hall–Kier alpha value is -2.50. The number of fused-ring (bicyclic) bond motifs is 1. The SMILES string of the molecule is Cc1nc(CN(C)C(=O)C2(c3cccc(Cl)c3)CCOCC2)nc2ccccc12. The van der Waals surface area contributed by atoms with Crippen LogP contribution in [-0.4, -0.2) is 41.0 Å². The summed E-state index contributed by atoms with van der Waals surface area (Å²) in [5.74, 6) is 0.697. The molecule has 2 aromatic carbocycles. The van der Waals surface area contributed by atoms with Crippen LogP contribution in [0.1, 0.15) is 29.9 Å². The molecule has 1 fully saturated rings. The van der Waals surface area contributed by atoms with E-state index in [1.807, 2.05) is 62.5 Å². The number of halogens is 1. The number of benzene rings is 2. The highest BCUT2D eigenvalue weighted by Gasteiger charge is 2.43. The van der Waals surface area contributed by atoms with Gasteiger partial charge in [-0.1, -0.05) is 41.9 Å². The van der Waals surface area contributed by atoms with E-state index in [4.69, 9.17) is 16.3 Å². The number of para-hydroxylation sites is 1. The number of hydrogen-bond acceptors (Lipinski definition) is 4. The Morgan fingerprint density at radius 1 is 1.14 bits per heavy atom. The minimum Gasteiger partial charge on any atom is -0.381 e. The second-order valence-corrected chi connectivity index (χ2v) is 8.04. The molecule has 0 bridgehead atoms. The van der Waals surface area contributed by atoms with Gasteiger partial charge in [-0.05, 0) is 43.5 Å². The second-order valence-electron chi connectivity index (χ2n) is 7.61. The van der Waals surface area contributed by atoms with E-state index in [1.165, 1.54) is 0 Å². The molecular weight excluding hydrogens is 386 g/mol. The number of likely N-dealkylation sites (N-methyl/N-ethyl adjacent to an activating group) is 1. The van der Waals surface area contributed by atoms with Crippen LogP contribution in [0.25, 0.3) is 10.9 Å². The first-order chi connectivity index (χ1) is 14.0. The zero-order valence-electron chi connectivity index (χ0n) is 16.7. The van der Waals surface area contributed by atoms with Gasteiger partial charge in [0.15, 0.2) is 0 Å². The largest absolute Gasteiger partial charge is 0.381 e. The van der Waals surface area contributed by atoms with Crippen LogP contribution in [0.3, 0.4) is 0 Å². The van der Waals surface area contributed by atoms with Crippen molar-refractivity contribution in [1.82, 2.24) is 14.9 Å². The van der Waals surface area contributed by atoms with Gasteiger partial charge in [0.1, 0.15) is 5.82 Å². The highest BCUT2D eigenvalue weighted by Crippen LogP contribution is 2.37. The summed E-state index contributed by atoms with van der Waals surface area (Å²) in [7, 11) is 1.82. The van der Waals surface area contributed by atoms with Gasteiger partial charge in [-0.3, -0.25) is 4.79 Å². The molecule has 29 heavy (non-hydrogen) atoms. The van der Waals surface area contributed by atoms with Gasteiger partial charge in [0.25, 0.3) is 0 Å². The zero-order valence-corrected chi connectivity index (χ0v) is 17.4. The first kappa shape index (κ1) is 19.8. The fourth-order valence-electron chi connectivity index (χ4n) is 4.15. The van der Waals surface area contributed by atoms with Crippen LogP contribution in [0.2, 0.25) is 5.02 Å². The number of rotatable bonds is 4. The van der Waals surface area contributed by atoms with Crippen LogP contribution in [0.4, 0.5) is 0 Å². The molecule has 0 atom stereocenters. The van der Waals surface area contributed by atoms with Crippen LogP contribution in [0.5, 0.6) is 0 Å². The molecule has 1 saturated heterocycles. The third kappa shape index (κ3) is 3.85. The van der Waals surface area contributed by atoms with Crippen molar-refractivity contribution in [3.63, 3.8) is 0 Å². The average Bonchev–Trinajstić information content (AvgIpc) is 2.73. The molecule has 4 rings (SSSR count). The molecule has 0 N–H and O–H groups in total. The summed E-state index contributed by atoms with van der Waals surface area (Å²) >= 11 is 6.24. The first-order valence-electron chi connectivity index (χ1n) is 9.81. The molecule has 1 aromatic heterocycles. The minimum absolute atomic E-state index is 0.0532. The molecule has 0 saturated carbocycles. The summed E-state index contributed by atoms with van der Waals surface area (Å²) in [6.45, 7) is 3.43. The van der Waals surface area contributed by atoms with Gasteiger partial charge < -0.3 is 9.64 Å². The van der Waals surface area contributed by atoms with Crippen LogP contribution in [0, 0.1) is 6.92 Å². The topological polar surface area (TPSA) is 55.3 Å². The molecule has 0 spiro atoms. The smallest absolute Gasteiger partial charge is 0.233 e. The van der Waals surface area contributed by atoms with Crippen molar-refractivity contribution in [3.8, 4) is 0 Å². The Labute approximate surface area is 175 Å². The maximum atomic E-state index is 13.7. The van der Waals surface area contributed by atoms with E-state index in [0.29, 0.717) is 43.4 Å². The van der Waals surface area contributed by atoms with Gasteiger partial charge >= 0.3 is 0 Å². The van der Waals surface area contributed by atoms with Crippen LogP contribution in [0.15, 0.2) is 48.5 Å². The molecule has 3 aromatic rings. The molecule has 1 amide bonds. The molecule has 5 nitrogen and oxygen atoms in total. The van der Waals surface area contributed by atoms with E-state index in [2.05, 4.69) is 9.97 Å². The predicted molar refractivity (Wildman–Crippen MR) is 114 cm³/mol. The molecule has 0 aliphatic carbocycles. The first-order valence-corrected chi connectivity index (χ1v) is 10.2. The normalized spacial score (nSPS) is 16.0. The fourth-order valence-corrected chi connectivity index (χ4v) is 4.34. The Balaban J connectivity index is 1.64. The lowest BCUT2D eigenvalue weighted by atomic mass is 9.73. The number of hydrogen-bond donors (Lipinski definition) is 0. The Kier molecular flexibility index (Phi) is 5.52. The molecule has 0 unspecified atom stereocenters. The Morgan fingerprint density at radius 3 is 2.66 bits per heavy atom. The molecule has 6 heteroatoms. The molecule has 2 heterocycles. The third-order valence-corrected chi connectivity index (χ3v) is 5.93. The maximum Gasteiger partial charge on any atom is 0.233 e. The number of carbonyl (C=O) groups is 1. The van der Waals surface area contributed by atoms with Gasteiger partial charge in [0.05, 0.1) is 17.5 Å². The summed E-state index contributed by atoms with van der Waals surface area (Å²) in [5, 5.41) is 1.67. The standard InChI is InChI=1S/C23H24ClN3O2/c1-16-19-8-3-4-9-20(19)26-21(25-16)15-27(2)22(28)23(10-12-29-13-11-23)17-6-5-7-18(24)14-17/h3-9,14H,10-13,15H2,1-2H3. The van der Waals surface area contributed by atoms with Crippen molar-refractivity contribution < 1.29 is 9.53 Å². The Bertz CT molecular complexity index is 1050. The van der Waals surface area contributed by atoms with Crippen molar-refractivity contribution in [3.05, 3.63) is 70.6 Å². The second kappa shape index (κ2) is 8.09. The lowest BCUT2D eigenvalue weighted by Gasteiger charge is -2.39. The lowest BCUT2D eigenvalue weighted by molar-refractivity contribution is -0.140. The molecule has 150 valence electrons. The van der Waals surface area contributed by atoms with Crippen molar-refractivity contribution in [2.24, 2.45) is 0 Å². The van der Waals surface area contributed by atoms with E-state index >= 15 is 0 Å². The Morgan fingerprint density at radius 2 is 1.90 bits per heavy atom. The van der Waals surface area contributed by atoms with Gasteiger partial charge in [-0.15, -0.1) is 0 Å². The van der Waals surface area contributed by atoms with Crippen molar-refractivity contribution >= 4 is 28.4 Å². The van der Waals surface area contributed by atoms with E-state index < -0.39 is 5.41 Å². The molecule has 0 radical (unpaired) electrons. The highest BCUT2D eigenvalue weighted by atomic mass is 35.5. The van der Waals surface area contributed by atoms with Gasteiger partial charge in [0.2, 0.25) is 5.91 Å². The van der Waals surface area contributed by atoms with E-state index in [9.17, 15) is 4.79 Å². The van der Waals surface area contributed by atoms with E-state index in [-0.39, 0.29) is 5.91 Å². The van der Waals surface area contributed by atoms with Gasteiger partial charge in [-0.25, -0.2) is 9.97 Å². The number of nitrogens with zero attached hydrogens (tertiary/aromatic N) is 3. The van der Waals surface area contributed by atoms with Crippen molar-refractivity contribution in [2.75, 3.05) is 20.3 Å². The number of aromatic nitrogens is 2. The zero-order chi connectivity index (χ0) is 20.4. The van der Waals surface area contributed by atoms with Crippen LogP contribution < -0.4 is 0 Å². The summed E-state index contributed by atoms with van der Waals surface area (Å²) in [6, 6.07) is 15.5. The minimum atomic E-state index is -0.635. The summed E-state index contributed by atoms with van der Waals surface area (Å²) in [6.07, 6.45) is 1.27. The van der Waals surface area contributed by atoms with E-state index in [1.54, 1.807) is 4.90 Å². The summed E-state index contributed by atoms with van der Waals surface area (Å²) in [5.41, 5.74) is 2.12. The number of carbonyl (C=O) groups excluding carboxylic acids is 1. The monoisotopic (exact) mass is 409 g/mol. The quantitative estimate of drug-likeness (QED) is 0.644. The molecule has 1 aliphatic heterocycles. The highest BCUT2D eigenvalue weighted by molar-refractivity contribution is 6.30. The predicted octanol–water partition coefficient (Wildman–Crippen LogP) is 4.30. The number of amides is 1.